The molecule has 3 aromatic rings. The van der Waals surface area contributed by atoms with E-state index in [4.69, 9.17) is 4.74 Å². The first-order valence-corrected chi connectivity index (χ1v) is 10.8. The molecule has 1 saturated heterocycles. The standard InChI is InChI=1S/C23H25FN6O2/c1-32-23-11-20(25-13-26-23)14-2-3-18(21(31)8-14)19-4-5-22(29-28-19)30-7-6-16(12-30)27-17-9-15(24)10-17/h2-5,8,11,13,15-17,27,31H,6-7,9-10,12H2,1H3. The van der Waals surface area contributed by atoms with Crippen LogP contribution in [0.25, 0.3) is 22.5 Å². The highest BCUT2D eigenvalue weighted by atomic mass is 19.1. The molecule has 3 heterocycles. The molecule has 9 heteroatoms. The molecule has 0 amide bonds. The summed E-state index contributed by atoms with van der Waals surface area (Å²) >= 11 is 0. The van der Waals surface area contributed by atoms with E-state index in [1.165, 1.54) is 6.33 Å². The molecule has 166 valence electrons. The van der Waals surface area contributed by atoms with Gasteiger partial charge in [-0.25, -0.2) is 14.4 Å². The number of nitrogens with one attached hydrogen (secondary N) is 1. The number of benzene rings is 1. The highest BCUT2D eigenvalue weighted by Gasteiger charge is 2.33. The number of hydrogen-bond donors (Lipinski definition) is 2. The summed E-state index contributed by atoms with van der Waals surface area (Å²) in [5.74, 6) is 1.36. The maximum absolute atomic E-state index is 13.0. The van der Waals surface area contributed by atoms with Crippen LogP contribution in [0.15, 0.2) is 42.7 Å². The molecule has 0 radical (unpaired) electrons. The molecule has 2 fully saturated rings. The number of nitrogens with zero attached hydrogens (tertiary/aromatic N) is 5. The van der Waals surface area contributed by atoms with E-state index in [1.807, 2.05) is 18.2 Å². The summed E-state index contributed by atoms with van der Waals surface area (Å²) in [5.41, 5.74) is 2.59. The second-order valence-electron chi connectivity index (χ2n) is 8.32. The third-order valence-electron chi connectivity index (χ3n) is 6.14. The molecule has 1 unspecified atom stereocenters. The van der Waals surface area contributed by atoms with Gasteiger partial charge in [0.05, 0.1) is 18.5 Å². The van der Waals surface area contributed by atoms with Crippen molar-refractivity contribution in [2.75, 3.05) is 25.1 Å². The Kier molecular flexibility index (Phi) is 5.57. The Morgan fingerprint density at radius 3 is 2.66 bits per heavy atom. The molecule has 0 bridgehead atoms. The fraction of sp³-hybridized carbons (Fsp3) is 0.391. The molecule has 2 aromatic heterocycles. The van der Waals surface area contributed by atoms with Gasteiger partial charge in [0.1, 0.15) is 18.2 Å². The first-order valence-electron chi connectivity index (χ1n) is 10.8. The van der Waals surface area contributed by atoms with Crippen molar-refractivity contribution in [2.45, 2.75) is 37.5 Å². The van der Waals surface area contributed by atoms with E-state index in [1.54, 1.807) is 25.3 Å². The average Bonchev–Trinajstić information content (AvgIpc) is 3.27. The molecule has 1 saturated carbocycles. The fourth-order valence-corrected chi connectivity index (χ4v) is 4.28. The van der Waals surface area contributed by atoms with E-state index in [-0.39, 0.29) is 5.75 Å². The van der Waals surface area contributed by atoms with Crippen molar-refractivity contribution in [3.63, 3.8) is 0 Å². The Hall–Kier alpha value is -3.33. The van der Waals surface area contributed by atoms with Crippen LogP contribution in [-0.4, -0.2) is 63.7 Å². The molecular formula is C23H25FN6O2. The number of halogens is 1. The van der Waals surface area contributed by atoms with Gasteiger partial charge in [-0.05, 0) is 43.5 Å². The van der Waals surface area contributed by atoms with Crippen molar-refractivity contribution in [1.29, 1.82) is 0 Å². The average molecular weight is 436 g/mol. The SMILES string of the molecule is COc1cc(-c2ccc(-c3ccc(N4CCC(NC5CC(F)C5)C4)nn3)c(O)c2)ncn1. The molecule has 8 nitrogen and oxygen atoms in total. The number of anilines is 1. The highest BCUT2D eigenvalue weighted by Crippen LogP contribution is 2.33. The Balaban J connectivity index is 1.27. The van der Waals surface area contributed by atoms with Crippen molar-refractivity contribution < 1.29 is 14.2 Å². The predicted molar refractivity (Wildman–Crippen MR) is 118 cm³/mol. The summed E-state index contributed by atoms with van der Waals surface area (Å²) in [6, 6.07) is 11.5. The van der Waals surface area contributed by atoms with Crippen molar-refractivity contribution in [1.82, 2.24) is 25.5 Å². The number of methoxy groups -OCH3 is 1. The van der Waals surface area contributed by atoms with Gasteiger partial charge in [0.2, 0.25) is 5.88 Å². The van der Waals surface area contributed by atoms with E-state index in [9.17, 15) is 9.50 Å². The molecule has 1 aliphatic heterocycles. The van der Waals surface area contributed by atoms with Crippen LogP contribution < -0.4 is 15.0 Å². The Morgan fingerprint density at radius 1 is 1.06 bits per heavy atom. The minimum absolute atomic E-state index is 0.0965. The Labute approximate surface area is 185 Å². The van der Waals surface area contributed by atoms with Gasteiger partial charge in [0, 0.05) is 42.4 Å². The fourth-order valence-electron chi connectivity index (χ4n) is 4.28. The number of aromatic hydroxyl groups is 1. The number of rotatable bonds is 6. The number of alkyl halides is 1. The van der Waals surface area contributed by atoms with Crippen LogP contribution in [0.2, 0.25) is 0 Å². The third-order valence-corrected chi connectivity index (χ3v) is 6.14. The minimum atomic E-state index is -0.641. The van der Waals surface area contributed by atoms with E-state index in [0.29, 0.717) is 47.8 Å². The summed E-state index contributed by atoms with van der Waals surface area (Å²) in [5, 5.41) is 22.8. The van der Waals surface area contributed by atoms with Crippen LogP contribution in [0.5, 0.6) is 11.6 Å². The van der Waals surface area contributed by atoms with Crippen LogP contribution in [-0.2, 0) is 0 Å². The first-order chi connectivity index (χ1) is 15.6. The summed E-state index contributed by atoms with van der Waals surface area (Å²) in [7, 11) is 1.54. The van der Waals surface area contributed by atoms with Crippen molar-refractivity contribution in [3.05, 3.63) is 42.7 Å². The normalized spacial score (nSPS) is 22.6. The zero-order valence-electron chi connectivity index (χ0n) is 17.8. The van der Waals surface area contributed by atoms with E-state index < -0.39 is 6.17 Å². The van der Waals surface area contributed by atoms with E-state index >= 15 is 0 Å². The molecule has 1 atom stereocenters. The molecule has 32 heavy (non-hydrogen) atoms. The highest BCUT2D eigenvalue weighted by molar-refractivity contribution is 5.73. The Bertz CT molecular complexity index is 1090. The smallest absolute Gasteiger partial charge is 0.216 e. The molecule has 1 aliphatic carbocycles. The van der Waals surface area contributed by atoms with Gasteiger partial charge in [-0.3, -0.25) is 0 Å². The van der Waals surface area contributed by atoms with Crippen molar-refractivity contribution >= 4 is 5.82 Å². The summed E-state index contributed by atoms with van der Waals surface area (Å²) < 4.78 is 18.2. The van der Waals surface area contributed by atoms with Crippen molar-refractivity contribution in [2.24, 2.45) is 0 Å². The maximum atomic E-state index is 13.0. The van der Waals surface area contributed by atoms with Crippen LogP contribution in [0.3, 0.4) is 0 Å². The lowest BCUT2D eigenvalue weighted by Gasteiger charge is -2.33. The first kappa shape index (κ1) is 20.6. The number of phenols is 1. The zero-order chi connectivity index (χ0) is 22.1. The number of hydrogen-bond acceptors (Lipinski definition) is 8. The van der Waals surface area contributed by atoms with Crippen LogP contribution >= 0.6 is 0 Å². The predicted octanol–water partition coefficient (Wildman–Crippen LogP) is 2.98. The van der Waals surface area contributed by atoms with Crippen molar-refractivity contribution in [3.8, 4) is 34.1 Å². The topological polar surface area (TPSA) is 96.3 Å². The number of ether oxygens (including phenoxy) is 1. The summed E-state index contributed by atoms with van der Waals surface area (Å²) in [4.78, 5) is 10.4. The lowest BCUT2D eigenvalue weighted by Crippen LogP contribution is -2.48. The number of phenolic OH excluding ortho intramolecular Hbond substituents is 1. The summed E-state index contributed by atoms with van der Waals surface area (Å²) in [6.45, 7) is 1.73. The van der Waals surface area contributed by atoms with Gasteiger partial charge < -0.3 is 20.1 Å². The Morgan fingerprint density at radius 2 is 1.94 bits per heavy atom. The molecule has 2 aliphatic rings. The van der Waals surface area contributed by atoms with E-state index in [2.05, 4.69) is 30.4 Å². The maximum Gasteiger partial charge on any atom is 0.216 e. The second kappa shape index (κ2) is 8.66. The molecular weight excluding hydrogens is 411 g/mol. The molecule has 0 spiro atoms. The lowest BCUT2D eigenvalue weighted by atomic mass is 9.90. The largest absolute Gasteiger partial charge is 0.507 e. The van der Waals surface area contributed by atoms with Crippen LogP contribution in [0.4, 0.5) is 10.2 Å². The van der Waals surface area contributed by atoms with Crippen LogP contribution in [0, 0.1) is 0 Å². The van der Waals surface area contributed by atoms with Gasteiger partial charge in [0.25, 0.3) is 0 Å². The molecule has 5 rings (SSSR count). The van der Waals surface area contributed by atoms with Gasteiger partial charge in [-0.15, -0.1) is 10.2 Å². The van der Waals surface area contributed by atoms with Crippen LogP contribution in [0.1, 0.15) is 19.3 Å². The van der Waals surface area contributed by atoms with Gasteiger partial charge in [-0.1, -0.05) is 6.07 Å². The summed E-state index contributed by atoms with van der Waals surface area (Å²) in [6.07, 6.45) is 3.03. The van der Waals surface area contributed by atoms with Gasteiger partial charge >= 0.3 is 0 Å². The monoisotopic (exact) mass is 436 g/mol. The second-order valence-corrected chi connectivity index (χ2v) is 8.32. The third kappa shape index (κ3) is 4.20. The molecule has 1 aromatic carbocycles. The molecule has 2 N–H and O–H groups in total. The van der Waals surface area contributed by atoms with Gasteiger partial charge in [-0.2, -0.15) is 0 Å². The number of aromatic nitrogens is 4. The minimum Gasteiger partial charge on any atom is -0.507 e. The van der Waals surface area contributed by atoms with E-state index in [0.717, 1.165) is 30.9 Å². The zero-order valence-corrected chi connectivity index (χ0v) is 17.8. The quantitative estimate of drug-likeness (QED) is 0.609. The lowest BCUT2D eigenvalue weighted by molar-refractivity contribution is 0.148. The van der Waals surface area contributed by atoms with Gasteiger partial charge in [0.15, 0.2) is 5.82 Å².